The van der Waals surface area contributed by atoms with Crippen LogP contribution in [-0.2, 0) is 15.3 Å². The van der Waals surface area contributed by atoms with Gasteiger partial charge in [-0.15, -0.1) is 0 Å². The van der Waals surface area contributed by atoms with Gasteiger partial charge in [0.15, 0.2) is 9.84 Å². The van der Waals surface area contributed by atoms with Crippen LogP contribution in [0.3, 0.4) is 0 Å². The molecule has 0 aliphatic carbocycles. The molecule has 1 aromatic carbocycles. The first kappa shape index (κ1) is 14.8. The predicted molar refractivity (Wildman–Crippen MR) is 74.1 cm³/mol. The molecule has 6 heteroatoms. The van der Waals surface area contributed by atoms with Crippen LogP contribution in [0.4, 0.5) is 0 Å². The maximum absolute atomic E-state index is 11.6. The minimum atomic E-state index is -3.06. The van der Waals surface area contributed by atoms with Crippen molar-refractivity contribution in [2.45, 2.75) is 11.8 Å². The Morgan fingerprint density at radius 2 is 1.79 bits per heavy atom. The molecule has 1 heterocycles. The standard InChI is InChI=1S/C13H17ClO4S/c14-12-3-1-10(2-4-12)13(8-15,9-16)11-5-6-19(17,18)7-11/h1-4,11,15-16H,5-9H2. The number of halogens is 1. The quantitative estimate of drug-likeness (QED) is 0.870. The third-order valence-corrected chi connectivity index (χ3v) is 6.02. The third-order valence-electron chi connectivity index (χ3n) is 4.00. The van der Waals surface area contributed by atoms with E-state index in [2.05, 4.69) is 0 Å². The van der Waals surface area contributed by atoms with Crippen molar-refractivity contribution in [1.82, 2.24) is 0 Å². The number of hydrogen-bond acceptors (Lipinski definition) is 4. The van der Waals surface area contributed by atoms with Gasteiger partial charge in [-0.1, -0.05) is 23.7 Å². The van der Waals surface area contributed by atoms with Gasteiger partial charge in [0.2, 0.25) is 0 Å². The first-order chi connectivity index (χ1) is 8.93. The SMILES string of the molecule is O=S1(=O)CCC(C(CO)(CO)c2ccc(Cl)cc2)C1. The Morgan fingerprint density at radius 3 is 2.21 bits per heavy atom. The molecular weight excluding hydrogens is 288 g/mol. The first-order valence-electron chi connectivity index (χ1n) is 6.12. The van der Waals surface area contributed by atoms with Gasteiger partial charge in [-0.05, 0) is 30.0 Å². The number of hydrogen-bond donors (Lipinski definition) is 2. The molecule has 0 amide bonds. The summed E-state index contributed by atoms with van der Waals surface area (Å²) in [7, 11) is -3.06. The van der Waals surface area contributed by atoms with Crippen molar-refractivity contribution in [1.29, 1.82) is 0 Å². The summed E-state index contributed by atoms with van der Waals surface area (Å²) in [6.07, 6.45) is 0.464. The molecule has 1 unspecified atom stereocenters. The van der Waals surface area contributed by atoms with Gasteiger partial charge in [0.1, 0.15) is 0 Å². The van der Waals surface area contributed by atoms with Crippen molar-refractivity contribution in [2.24, 2.45) is 5.92 Å². The Labute approximate surface area is 117 Å². The highest BCUT2D eigenvalue weighted by molar-refractivity contribution is 7.91. The van der Waals surface area contributed by atoms with Crippen LogP contribution in [0, 0.1) is 5.92 Å². The second-order valence-electron chi connectivity index (χ2n) is 5.08. The van der Waals surface area contributed by atoms with Gasteiger partial charge in [-0.2, -0.15) is 0 Å². The molecule has 1 atom stereocenters. The summed E-state index contributed by atoms with van der Waals surface area (Å²) in [6, 6.07) is 6.83. The lowest BCUT2D eigenvalue weighted by molar-refractivity contribution is 0.0775. The average Bonchev–Trinajstić information content (AvgIpc) is 2.74. The second kappa shape index (κ2) is 5.40. The van der Waals surface area contributed by atoms with E-state index in [0.717, 1.165) is 5.56 Å². The predicted octanol–water partition coefficient (Wildman–Crippen LogP) is 0.997. The molecule has 1 aliphatic rings. The summed E-state index contributed by atoms with van der Waals surface area (Å²) in [6.45, 7) is -0.573. The Bertz CT molecular complexity index is 534. The Morgan fingerprint density at radius 1 is 1.21 bits per heavy atom. The molecule has 2 rings (SSSR count). The van der Waals surface area contributed by atoms with Crippen LogP contribution in [0.5, 0.6) is 0 Å². The Balaban J connectivity index is 2.40. The second-order valence-corrected chi connectivity index (χ2v) is 7.74. The normalized spacial score (nSPS) is 22.6. The lowest BCUT2D eigenvalue weighted by atomic mass is 9.71. The van der Waals surface area contributed by atoms with Crippen molar-refractivity contribution in [3.63, 3.8) is 0 Å². The van der Waals surface area contributed by atoms with Gasteiger partial charge in [-0.25, -0.2) is 8.42 Å². The molecule has 1 fully saturated rings. The number of rotatable bonds is 4. The van der Waals surface area contributed by atoms with Crippen molar-refractivity contribution in [3.8, 4) is 0 Å². The van der Waals surface area contributed by atoms with Crippen LogP contribution in [0.2, 0.25) is 5.02 Å². The number of benzene rings is 1. The maximum atomic E-state index is 11.6. The summed E-state index contributed by atoms with van der Waals surface area (Å²) in [5.41, 5.74) is -0.197. The molecular formula is C13H17ClO4S. The van der Waals surface area contributed by atoms with E-state index in [-0.39, 0.29) is 30.6 Å². The van der Waals surface area contributed by atoms with Crippen molar-refractivity contribution in [2.75, 3.05) is 24.7 Å². The lowest BCUT2D eigenvalue weighted by Crippen LogP contribution is -2.43. The maximum Gasteiger partial charge on any atom is 0.150 e. The molecule has 1 saturated heterocycles. The average molecular weight is 305 g/mol. The van der Waals surface area contributed by atoms with Crippen LogP contribution in [0.1, 0.15) is 12.0 Å². The van der Waals surface area contributed by atoms with Gasteiger partial charge >= 0.3 is 0 Å². The van der Waals surface area contributed by atoms with Crippen LogP contribution in [0.15, 0.2) is 24.3 Å². The number of aliphatic hydroxyl groups is 2. The van der Waals surface area contributed by atoms with E-state index in [9.17, 15) is 18.6 Å². The molecule has 19 heavy (non-hydrogen) atoms. The highest BCUT2D eigenvalue weighted by Gasteiger charge is 2.45. The Kier molecular flexibility index (Phi) is 4.20. The van der Waals surface area contributed by atoms with Gasteiger partial charge < -0.3 is 10.2 Å². The number of aliphatic hydroxyl groups excluding tert-OH is 2. The lowest BCUT2D eigenvalue weighted by Gasteiger charge is -2.35. The van der Waals surface area contributed by atoms with Crippen molar-refractivity contribution < 1.29 is 18.6 Å². The van der Waals surface area contributed by atoms with E-state index in [1.165, 1.54) is 0 Å². The monoisotopic (exact) mass is 304 g/mol. The zero-order valence-corrected chi connectivity index (χ0v) is 12.0. The molecule has 0 saturated carbocycles. The topological polar surface area (TPSA) is 74.6 Å². The molecule has 0 spiro atoms. The summed E-state index contributed by atoms with van der Waals surface area (Å²) in [5, 5.41) is 20.0. The summed E-state index contributed by atoms with van der Waals surface area (Å²) in [4.78, 5) is 0. The van der Waals surface area contributed by atoms with E-state index in [1.54, 1.807) is 24.3 Å². The zero-order chi connectivity index (χ0) is 14.1. The fourth-order valence-corrected chi connectivity index (χ4v) is 4.77. The fraction of sp³-hybridized carbons (Fsp3) is 0.538. The van der Waals surface area contributed by atoms with E-state index in [1.807, 2.05) is 0 Å². The number of sulfone groups is 1. The summed E-state index contributed by atoms with van der Waals surface area (Å²) >= 11 is 5.83. The molecule has 0 radical (unpaired) electrons. The minimum Gasteiger partial charge on any atom is -0.395 e. The van der Waals surface area contributed by atoms with Gasteiger partial charge in [-0.3, -0.25) is 0 Å². The fourth-order valence-electron chi connectivity index (χ4n) is 2.74. The van der Waals surface area contributed by atoms with Crippen molar-refractivity contribution in [3.05, 3.63) is 34.9 Å². The van der Waals surface area contributed by atoms with Gasteiger partial charge in [0.25, 0.3) is 0 Å². The van der Waals surface area contributed by atoms with Gasteiger partial charge in [0.05, 0.1) is 24.7 Å². The molecule has 0 bridgehead atoms. The van der Waals surface area contributed by atoms with Crippen molar-refractivity contribution >= 4 is 21.4 Å². The molecule has 0 aromatic heterocycles. The zero-order valence-electron chi connectivity index (χ0n) is 10.4. The van der Waals surface area contributed by atoms with Gasteiger partial charge in [0, 0.05) is 10.4 Å². The smallest absolute Gasteiger partial charge is 0.150 e. The minimum absolute atomic E-state index is 0.0107. The molecule has 2 N–H and O–H groups in total. The van der Waals surface area contributed by atoms with Crippen LogP contribution in [0.25, 0.3) is 0 Å². The molecule has 1 aromatic rings. The molecule has 106 valence electrons. The van der Waals surface area contributed by atoms with Crippen LogP contribution < -0.4 is 0 Å². The largest absolute Gasteiger partial charge is 0.395 e. The highest BCUT2D eigenvalue weighted by atomic mass is 35.5. The van der Waals surface area contributed by atoms with E-state index >= 15 is 0 Å². The first-order valence-corrected chi connectivity index (χ1v) is 8.32. The van der Waals surface area contributed by atoms with E-state index in [0.29, 0.717) is 11.4 Å². The third kappa shape index (κ3) is 2.79. The summed E-state index contributed by atoms with van der Waals surface area (Å²) < 4.78 is 23.2. The Hall–Kier alpha value is -0.620. The van der Waals surface area contributed by atoms with Crippen LogP contribution >= 0.6 is 11.6 Å². The molecule has 1 aliphatic heterocycles. The van der Waals surface area contributed by atoms with E-state index < -0.39 is 15.3 Å². The van der Waals surface area contributed by atoms with Crippen LogP contribution in [-0.4, -0.2) is 43.4 Å². The summed E-state index contributed by atoms with van der Waals surface area (Å²) in [5.74, 6) is -0.141. The van der Waals surface area contributed by atoms with E-state index in [4.69, 9.17) is 11.6 Å². The molecule has 4 nitrogen and oxygen atoms in total. The highest BCUT2D eigenvalue weighted by Crippen LogP contribution is 2.39.